The van der Waals surface area contributed by atoms with Crippen LogP contribution in [0.1, 0.15) is 49.0 Å². The largest absolute Gasteiger partial charge is 0.481 e. The predicted molar refractivity (Wildman–Crippen MR) is 76.4 cm³/mol. The molecular weight excluding hydrogens is 252 g/mol. The van der Waals surface area contributed by atoms with Crippen LogP contribution in [0.4, 0.5) is 0 Å². The van der Waals surface area contributed by atoms with E-state index < -0.39 is 18.0 Å². The molecule has 2 aliphatic rings. The zero-order chi connectivity index (χ0) is 14.3. The number of carboxylic acids is 1. The van der Waals surface area contributed by atoms with Crippen LogP contribution >= 0.6 is 0 Å². The molecule has 3 nitrogen and oxygen atoms in total. The third-order valence-corrected chi connectivity index (χ3v) is 5.03. The van der Waals surface area contributed by atoms with Crippen LogP contribution in [0.3, 0.4) is 0 Å². The number of fused-ring (bicyclic) bond motifs is 1. The van der Waals surface area contributed by atoms with Gasteiger partial charge in [0.15, 0.2) is 0 Å². The molecule has 2 N–H and O–H groups in total. The quantitative estimate of drug-likeness (QED) is 0.891. The normalized spacial score (nSPS) is 30.2. The van der Waals surface area contributed by atoms with Crippen LogP contribution in [0.25, 0.3) is 0 Å². The fourth-order valence-corrected chi connectivity index (χ4v) is 3.99. The molecule has 0 aliphatic heterocycles. The van der Waals surface area contributed by atoms with E-state index in [1.807, 2.05) is 6.07 Å². The number of hydrogen-bond acceptors (Lipinski definition) is 2. The molecule has 108 valence electrons. The average Bonchev–Trinajstić information content (AvgIpc) is 3.02. The lowest BCUT2D eigenvalue weighted by atomic mass is 9.86. The highest BCUT2D eigenvalue weighted by Crippen LogP contribution is 2.43. The van der Waals surface area contributed by atoms with Gasteiger partial charge < -0.3 is 10.2 Å². The fourth-order valence-electron chi connectivity index (χ4n) is 3.99. The summed E-state index contributed by atoms with van der Waals surface area (Å²) in [4.78, 5) is 11.4. The summed E-state index contributed by atoms with van der Waals surface area (Å²) in [6, 6.07) is 6.18. The van der Waals surface area contributed by atoms with Crippen LogP contribution in [0.5, 0.6) is 0 Å². The van der Waals surface area contributed by atoms with Crippen LogP contribution in [0.2, 0.25) is 0 Å². The molecule has 4 atom stereocenters. The predicted octanol–water partition coefficient (Wildman–Crippen LogP) is 2.96. The molecule has 1 saturated carbocycles. The summed E-state index contributed by atoms with van der Waals surface area (Å²) in [6.45, 7) is 2.07. The van der Waals surface area contributed by atoms with Gasteiger partial charge in [-0.2, -0.15) is 0 Å². The van der Waals surface area contributed by atoms with Crippen molar-refractivity contribution in [3.05, 3.63) is 34.9 Å². The first-order chi connectivity index (χ1) is 9.56. The van der Waals surface area contributed by atoms with Gasteiger partial charge in [0.1, 0.15) is 0 Å². The number of aliphatic hydroxyl groups excluding tert-OH is 1. The van der Waals surface area contributed by atoms with E-state index in [9.17, 15) is 15.0 Å². The van der Waals surface area contributed by atoms with Gasteiger partial charge in [0.05, 0.1) is 12.0 Å². The smallest absolute Gasteiger partial charge is 0.306 e. The second-order valence-electron chi connectivity index (χ2n) is 6.51. The molecule has 0 aromatic heterocycles. The van der Waals surface area contributed by atoms with E-state index in [0.29, 0.717) is 12.3 Å². The highest BCUT2D eigenvalue weighted by molar-refractivity contribution is 5.71. The minimum Gasteiger partial charge on any atom is -0.481 e. The Hall–Kier alpha value is -1.35. The van der Waals surface area contributed by atoms with Gasteiger partial charge in [-0.05, 0) is 54.7 Å². The van der Waals surface area contributed by atoms with Gasteiger partial charge in [-0.1, -0.05) is 25.1 Å². The Kier molecular flexibility index (Phi) is 3.55. The molecule has 0 amide bonds. The average molecular weight is 274 g/mol. The van der Waals surface area contributed by atoms with E-state index in [-0.39, 0.29) is 5.92 Å². The topological polar surface area (TPSA) is 57.5 Å². The zero-order valence-electron chi connectivity index (χ0n) is 11.9. The highest BCUT2D eigenvalue weighted by atomic mass is 16.4. The van der Waals surface area contributed by atoms with Crippen molar-refractivity contribution in [2.24, 2.45) is 17.8 Å². The van der Waals surface area contributed by atoms with Crippen LogP contribution in [0.15, 0.2) is 18.2 Å². The van der Waals surface area contributed by atoms with Crippen molar-refractivity contribution in [3.8, 4) is 0 Å². The molecule has 1 aromatic rings. The maximum absolute atomic E-state index is 11.4. The van der Waals surface area contributed by atoms with E-state index in [1.54, 1.807) is 0 Å². The Morgan fingerprint density at radius 3 is 2.75 bits per heavy atom. The molecule has 0 bridgehead atoms. The highest BCUT2D eigenvalue weighted by Gasteiger charge is 2.41. The van der Waals surface area contributed by atoms with Gasteiger partial charge in [0, 0.05) is 5.92 Å². The molecule has 0 saturated heterocycles. The van der Waals surface area contributed by atoms with Crippen molar-refractivity contribution in [1.29, 1.82) is 0 Å². The maximum atomic E-state index is 11.4. The summed E-state index contributed by atoms with van der Waals surface area (Å²) >= 11 is 0. The van der Waals surface area contributed by atoms with Crippen molar-refractivity contribution in [3.63, 3.8) is 0 Å². The number of benzene rings is 1. The molecule has 0 spiro atoms. The van der Waals surface area contributed by atoms with Gasteiger partial charge in [0.2, 0.25) is 0 Å². The third-order valence-electron chi connectivity index (χ3n) is 5.03. The molecule has 20 heavy (non-hydrogen) atoms. The number of aryl methyl sites for hydroxylation is 2. The molecule has 0 heterocycles. The second kappa shape index (κ2) is 5.21. The minimum atomic E-state index is -0.764. The van der Waals surface area contributed by atoms with Crippen LogP contribution in [-0.2, 0) is 17.6 Å². The van der Waals surface area contributed by atoms with Crippen LogP contribution in [0, 0.1) is 17.8 Å². The summed E-state index contributed by atoms with van der Waals surface area (Å²) < 4.78 is 0. The minimum absolute atomic E-state index is 0.151. The SMILES string of the molecule is CC1CC(C(=O)O)C(C(O)c2ccc3c(c2)CCC3)C1. The van der Waals surface area contributed by atoms with E-state index in [2.05, 4.69) is 19.1 Å². The molecular formula is C17H22O3. The summed E-state index contributed by atoms with van der Waals surface area (Å²) in [5.74, 6) is -0.944. The fraction of sp³-hybridized carbons (Fsp3) is 0.588. The monoisotopic (exact) mass is 274 g/mol. The van der Waals surface area contributed by atoms with E-state index in [1.165, 1.54) is 17.5 Å². The third kappa shape index (κ3) is 2.35. The Balaban J connectivity index is 1.84. The van der Waals surface area contributed by atoms with Gasteiger partial charge >= 0.3 is 5.97 Å². The van der Waals surface area contributed by atoms with Crippen molar-refractivity contribution in [2.75, 3.05) is 0 Å². The van der Waals surface area contributed by atoms with Crippen molar-refractivity contribution < 1.29 is 15.0 Å². The van der Waals surface area contributed by atoms with Gasteiger partial charge in [0.25, 0.3) is 0 Å². The molecule has 2 aliphatic carbocycles. The van der Waals surface area contributed by atoms with Crippen LogP contribution < -0.4 is 0 Å². The molecule has 4 unspecified atom stereocenters. The summed E-state index contributed by atoms with van der Waals surface area (Å²) in [5, 5.41) is 20.0. The molecule has 1 aromatic carbocycles. The number of rotatable bonds is 3. The first-order valence-corrected chi connectivity index (χ1v) is 7.59. The number of aliphatic hydroxyl groups is 1. The lowest BCUT2D eigenvalue weighted by Crippen LogP contribution is -2.24. The summed E-state index contributed by atoms with van der Waals surface area (Å²) in [7, 11) is 0. The number of aliphatic carboxylic acids is 1. The number of carboxylic acid groups (broad SMARTS) is 1. The lowest BCUT2D eigenvalue weighted by molar-refractivity contribution is -0.144. The number of carbonyl (C=O) groups is 1. The standard InChI is InChI=1S/C17H22O3/c1-10-7-14(15(8-10)17(19)20)16(18)13-6-5-11-3-2-4-12(11)9-13/h5-6,9-10,14-16,18H,2-4,7-8H2,1H3,(H,19,20). The van der Waals surface area contributed by atoms with Gasteiger partial charge in [-0.3, -0.25) is 4.79 Å². The molecule has 3 rings (SSSR count). The first-order valence-electron chi connectivity index (χ1n) is 7.59. The Labute approximate surface area is 119 Å². The van der Waals surface area contributed by atoms with Crippen molar-refractivity contribution >= 4 is 5.97 Å². The Morgan fingerprint density at radius 2 is 2.00 bits per heavy atom. The Morgan fingerprint density at radius 1 is 1.25 bits per heavy atom. The van der Waals surface area contributed by atoms with E-state index in [0.717, 1.165) is 24.8 Å². The molecule has 0 radical (unpaired) electrons. The zero-order valence-corrected chi connectivity index (χ0v) is 11.9. The van der Waals surface area contributed by atoms with E-state index >= 15 is 0 Å². The van der Waals surface area contributed by atoms with E-state index in [4.69, 9.17) is 0 Å². The first kappa shape index (κ1) is 13.6. The van der Waals surface area contributed by atoms with Gasteiger partial charge in [-0.15, -0.1) is 0 Å². The second-order valence-corrected chi connectivity index (χ2v) is 6.51. The lowest BCUT2D eigenvalue weighted by Gasteiger charge is -2.23. The Bertz CT molecular complexity index is 523. The molecule has 1 fully saturated rings. The van der Waals surface area contributed by atoms with Crippen molar-refractivity contribution in [1.82, 2.24) is 0 Å². The van der Waals surface area contributed by atoms with Crippen molar-refractivity contribution in [2.45, 2.75) is 45.1 Å². The van der Waals surface area contributed by atoms with Crippen LogP contribution in [-0.4, -0.2) is 16.2 Å². The summed E-state index contributed by atoms with van der Waals surface area (Å²) in [6.07, 6.45) is 4.24. The maximum Gasteiger partial charge on any atom is 0.306 e. The summed E-state index contributed by atoms with van der Waals surface area (Å²) in [5.41, 5.74) is 3.62. The van der Waals surface area contributed by atoms with Gasteiger partial charge in [-0.25, -0.2) is 0 Å². The number of hydrogen-bond donors (Lipinski definition) is 2. The molecule has 3 heteroatoms.